The van der Waals surface area contributed by atoms with Crippen molar-refractivity contribution in [1.82, 2.24) is 14.8 Å². The fraction of sp³-hybridized carbons (Fsp3) is 0.450. The van der Waals surface area contributed by atoms with Crippen molar-refractivity contribution in [3.63, 3.8) is 0 Å². The van der Waals surface area contributed by atoms with Gasteiger partial charge in [0.2, 0.25) is 0 Å². The zero-order chi connectivity index (χ0) is 19.3. The van der Waals surface area contributed by atoms with Crippen LogP contribution in [0, 0.1) is 0 Å². The molecule has 0 bridgehead atoms. The lowest BCUT2D eigenvalue weighted by Gasteiger charge is -2.38. The molecule has 1 aromatic carbocycles. The third-order valence-electron chi connectivity index (χ3n) is 4.97. The van der Waals surface area contributed by atoms with Crippen molar-refractivity contribution in [3.05, 3.63) is 59.9 Å². The van der Waals surface area contributed by atoms with Crippen LogP contribution in [0.15, 0.2) is 48.8 Å². The molecule has 1 atom stereocenters. The first-order valence-electron chi connectivity index (χ1n) is 9.12. The second kappa shape index (κ2) is 8.71. The Morgan fingerprint density at radius 3 is 2.56 bits per heavy atom. The van der Waals surface area contributed by atoms with Crippen LogP contribution in [0.4, 0.5) is 13.2 Å². The highest BCUT2D eigenvalue weighted by Crippen LogP contribution is 2.24. The first kappa shape index (κ1) is 19.6. The Kier molecular flexibility index (Phi) is 6.34. The molecule has 0 N–H and O–H groups in total. The molecule has 0 radical (unpaired) electrons. The first-order chi connectivity index (χ1) is 12.9. The summed E-state index contributed by atoms with van der Waals surface area (Å²) in [6.07, 6.45) is -0.261. The number of pyridine rings is 1. The SMILES string of the molecule is C[C@H](c1cccnc1)N1CCN(CCc2cccc(OC(F)(F)F)c2)CC1. The molecule has 3 rings (SSSR count). The number of benzene rings is 1. The summed E-state index contributed by atoms with van der Waals surface area (Å²) in [6.45, 7) is 6.84. The van der Waals surface area contributed by atoms with Crippen LogP contribution < -0.4 is 4.74 Å². The lowest BCUT2D eigenvalue weighted by molar-refractivity contribution is -0.274. The highest BCUT2D eigenvalue weighted by atomic mass is 19.4. The number of hydrogen-bond acceptors (Lipinski definition) is 4. The Morgan fingerprint density at radius 1 is 1.11 bits per heavy atom. The molecule has 2 heterocycles. The predicted octanol–water partition coefficient (Wildman–Crippen LogP) is 3.90. The maximum absolute atomic E-state index is 12.3. The Bertz CT molecular complexity index is 716. The summed E-state index contributed by atoms with van der Waals surface area (Å²) >= 11 is 0. The van der Waals surface area contributed by atoms with Crippen molar-refractivity contribution >= 4 is 0 Å². The molecular formula is C20H24F3N3O. The number of nitrogens with zero attached hydrogens (tertiary/aromatic N) is 3. The smallest absolute Gasteiger partial charge is 0.406 e. The maximum atomic E-state index is 12.3. The summed E-state index contributed by atoms with van der Waals surface area (Å²) in [6, 6.07) is 10.6. The summed E-state index contributed by atoms with van der Waals surface area (Å²) < 4.78 is 41.0. The van der Waals surface area contributed by atoms with E-state index in [9.17, 15) is 13.2 Å². The zero-order valence-corrected chi connectivity index (χ0v) is 15.3. The fourth-order valence-electron chi connectivity index (χ4n) is 3.39. The second-order valence-electron chi connectivity index (χ2n) is 6.79. The summed E-state index contributed by atoms with van der Waals surface area (Å²) in [7, 11) is 0. The van der Waals surface area contributed by atoms with E-state index in [1.54, 1.807) is 12.3 Å². The van der Waals surface area contributed by atoms with E-state index < -0.39 is 6.36 Å². The Balaban J connectivity index is 1.47. The van der Waals surface area contributed by atoms with E-state index in [2.05, 4.69) is 32.5 Å². The predicted molar refractivity (Wildman–Crippen MR) is 97.5 cm³/mol. The Morgan fingerprint density at radius 2 is 1.89 bits per heavy atom. The number of rotatable bonds is 6. The normalized spacial score (nSPS) is 17.6. The van der Waals surface area contributed by atoms with Gasteiger partial charge in [0.1, 0.15) is 5.75 Å². The molecule has 1 fully saturated rings. The van der Waals surface area contributed by atoms with Crippen LogP contribution >= 0.6 is 0 Å². The number of aromatic nitrogens is 1. The fourth-order valence-corrected chi connectivity index (χ4v) is 3.39. The van der Waals surface area contributed by atoms with Crippen molar-refractivity contribution < 1.29 is 17.9 Å². The third kappa shape index (κ3) is 5.94. The van der Waals surface area contributed by atoms with Crippen LogP contribution in [0.1, 0.15) is 24.1 Å². The molecule has 0 saturated carbocycles. The van der Waals surface area contributed by atoms with Crippen LogP contribution in [0.5, 0.6) is 5.75 Å². The van der Waals surface area contributed by atoms with Crippen LogP contribution in [-0.4, -0.2) is 53.9 Å². The molecule has 7 heteroatoms. The van der Waals surface area contributed by atoms with E-state index in [0.29, 0.717) is 12.5 Å². The van der Waals surface area contributed by atoms with Gasteiger partial charge in [-0.25, -0.2) is 0 Å². The largest absolute Gasteiger partial charge is 0.573 e. The van der Waals surface area contributed by atoms with Gasteiger partial charge < -0.3 is 9.64 Å². The van der Waals surface area contributed by atoms with Gasteiger partial charge in [0, 0.05) is 51.2 Å². The minimum absolute atomic E-state index is 0.157. The van der Waals surface area contributed by atoms with Crippen LogP contribution in [0.3, 0.4) is 0 Å². The van der Waals surface area contributed by atoms with Gasteiger partial charge >= 0.3 is 6.36 Å². The van der Waals surface area contributed by atoms with Crippen molar-refractivity contribution in [2.45, 2.75) is 25.7 Å². The van der Waals surface area contributed by atoms with Crippen molar-refractivity contribution in [2.75, 3.05) is 32.7 Å². The summed E-state index contributed by atoms with van der Waals surface area (Å²) in [5.41, 5.74) is 2.07. The van der Waals surface area contributed by atoms with Gasteiger partial charge in [0.25, 0.3) is 0 Å². The van der Waals surface area contributed by atoms with Crippen LogP contribution in [0.2, 0.25) is 0 Å². The van der Waals surface area contributed by atoms with Gasteiger partial charge in [-0.2, -0.15) is 0 Å². The Hall–Kier alpha value is -2.12. The van der Waals surface area contributed by atoms with E-state index in [4.69, 9.17) is 0 Å². The maximum Gasteiger partial charge on any atom is 0.573 e. The van der Waals surface area contributed by atoms with Gasteiger partial charge in [-0.3, -0.25) is 9.88 Å². The number of halogens is 3. The average Bonchev–Trinajstić information content (AvgIpc) is 2.66. The van der Waals surface area contributed by atoms with E-state index in [-0.39, 0.29) is 5.75 Å². The van der Waals surface area contributed by atoms with Crippen LogP contribution in [-0.2, 0) is 6.42 Å². The molecule has 4 nitrogen and oxygen atoms in total. The number of ether oxygens (including phenoxy) is 1. The van der Waals surface area contributed by atoms with Gasteiger partial charge in [-0.1, -0.05) is 18.2 Å². The lowest BCUT2D eigenvalue weighted by Crippen LogP contribution is -2.47. The quantitative estimate of drug-likeness (QED) is 0.761. The second-order valence-corrected chi connectivity index (χ2v) is 6.79. The third-order valence-corrected chi connectivity index (χ3v) is 4.97. The lowest BCUT2D eigenvalue weighted by atomic mass is 10.1. The van der Waals surface area contributed by atoms with E-state index in [1.165, 1.54) is 17.7 Å². The minimum Gasteiger partial charge on any atom is -0.406 e. The monoisotopic (exact) mass is 379 g/mol. The molecule has 1 aliphatic rings. The molecular weight excluding hydrogens is 355 g/mol. The number of hydrogen-bond donors (Lipinski definition) is 0. The van der Waals surface area contributed by atoms with Gasteiger partial charge in [0.05, 0.1) is 0 Å². The van der Waals surface area contributed by atoms with Crippen molar-refractivity contribution in [3.8, 4) is 5.75 Å². The van der Waals surface area contributed by atoms with Gasteiger partial charge in [-0.15, -0.1) is 13.2 Å². The highest BCUT2D eigenvalue weighted by Gasteiger charge is 2.31. The standard InChI is InChI=1S/C20H24F3N3O/c1-16(18-5-3-8-24-15-18)26-12-10-25(11-13-26)9-7-17-4-2-6-19(14-17)27-20(21,22)23/h2-6,8,14-16H,7,9-13H2,1H3/t16-/m1/s1. The van der Waals surface area contributed by atoms with Crippen LogP contribution in [0.25, 0.3) is 0 Å². The first-order valence-corrected chi connectivity index (χ1v) is 9.12. The molecule has 0 unspecified atom stereocenters. The van der Waals surface area contributed by atoms with Gasteiger partial charge in [0.15, 0.2) is 0 Å². The highest BCUT2D eigenvalue weighted by molar-refractivity contribution is 5.28. The molecule has 1 aliphatic heterocycles. The summed E-state index contributed by atoms with van der Waals surface area (Å²) in [4.78, 5) is 8.98. The molecule has 0 spiro atoms. The molecule has 146 valence electrons. The molecule has 1 saturated heterocycles. The number of alkyl halides is 3. The summed E-state index contributed by atoms with van der Waals surface area (Å²) in [5.74, 6) is -0.157. The molecule has 0 aliphatic carbocycles. The minimum atomic E-state index is -4.65. The molecule has 2 aromatic rings. The van der Waals surface area contributed by atoms with Crippen molar-refractivity contribution in [2.24, 2.45) is 0 Å². The molecule has 1 aromatic heterocycles. The number of piperazine rings is 1. The average molecular weight is 379 g/mol. The van der Waals surface area contributed by atoms with E-state index in [0.717, 1.165) is 38.3 Å². The Labute approximate surface area is 157 Å². The topological polar surface area (TPSA) is 28.6 Å². The zero-order valence-electron chi connectivity index (χ0n) is 15.3. The molecule has 0 amide bonds. The summed E-state index contributed by atoms with van der Waals surface area (Å²) in [5, 5.41) is 0. The van der Waals surface area contributed by atoms with Crippen molar-refractivity contribution in [1.29, 1.82) is 0 Å². The van der Waals surface area contributed by atoms with E-state index in [1.807, 2.05) is 18.3 Å². The van der Waals surface area contributed by atoms with E-state index >= 15 is 0 Å². The molecule has 27 heavy (non-hydrogen) atoms. The van der Waals surface area contributed by atoms with Gasteiger partial charge in [-0.05, 0) is 42.7 Å².